The van der Waals surface area contributed by atoms with Gasteiger partial charge in [-0.1, -0.05) is 61.8 Å². The van der Waals surface area contributed by atoms with Gasteiger partial charge in [0.05, 0.1) is 13.2 Å². The lowest BCUT2D eigenvalue weighted by Gasteiger charge is -2.31. The van der Waals surface area contributed by atoms with E-state index in [0.29, 0.717) is 17.9 Å². The highest BCUT2D eigenvalue weighted by atomic mass is 35.5. The summed E-state index contributed by atoms with van der Waals surface area (Å²) in [6, 6.07) is 14.3. The Bertz CT molecular complexity index is 934. The molecule has 2 atom stereocenters. The predicted octanol–water partition coefficient (Wildman–Crippen LogP) is 4.97. The molecule has 0 fully saturated rings. The quantitative estimate of drug-likeness (QED) is 0.339. The highest BCUT2D eigenvalue weighted by Gasteiger charge is 2.31. The highest BCUT2D eigenvalue weighted by molar-refractivity contribution is 6.30. The summed E-state index contributed by atoms with van der Waals surface area (Å²) in [5, 5.41) is 6.69. The molecule has 200 valence electrons. The van der Waals surface area contributed by atoms with Crippen LogP contribution in [0.15, 0.2) is 48.5 Å². The minimum absolute atomic E-state index is 0.0301. The van der Waals surface area contributed by atoms with Crippen LogP contribution in [0.3, 0.4) is 0 Å². The summed E-state index contributed by atoms with van der Waals surface area (Å²) < 4.78 is 9.24. The molecular weight excluding hydrogens is 480 g/mol. The molecule has 2 rings (SSSR count). The Hall–Kier alpha value is -2.90. The minimum atomic E-state index is -0.767. The van der Waals surface area contributed by atoms with Crippen molar-refractivity contribution in [2.75, 3.05) is 14.2 Å². The SMILES string of the molecule is CC.CC(C)OC=O.CNC(C)(CC(=O)NC(Cc1ccc(Cl)cc1)C(=O)OC)c1ccccc1C. The van der Waals surface area contributed by atoms with Crippen molar-refractivity contribution in [3.8, 4) is 0 Å². The van der Waals surface area contributed by atoms with E-state index in [2.05, 4.69) is 15.4 Å². The summed E-state index contributed by atoms with van der Waals surface area (Å²) in [6.07, 6.45) is 0.543. The van der Waals surface area contributed by atoms with E-state index < -0.39 is 17.6 Å². The molecule has 0 bridgehead atoms. The van der Waals surface area contributed by atoms with Crippen molar-refractivity contribution < 1.29 is 23.9 Å². The molecule has 2 aromatic rings. The topological polar surface area (TPSA) is 93.7 Å². The highest BCUT2D eigenvalue weighted by Crippen LogP contribution is 2.27. The first-order chi connectivity index (χ1) is 17.1. The van der Waals surface area contributed by atoms with E-state index in [1.165, 1.54) is 7.11 Å². The largest absolute Gasteiger partial charge is 0.467 e. The molecule has 0 radical (unpaired) electrons. The monoisotopic (exact) mass is 520 g/mol. The first-order valence-corrected chi connectivity index (χ1v) is 12.4. The zero-order valence-electron chi connectivity index (χ0n) is 22.7. The van der Waals surface area contributed by atoms with Gasteiger partial charge in [-0.25, -0.2) is 4.79 Å². The van der Waals surface area contributed by atoms with Crippen LogP contribution in [0.2, 0.25) is 5.02 Å². The van der Waals surface area contributed by atoms with Gasteiger partial charge in [-0.15, -0.1) is 0 Å². The third kappa shape index (κ3) is 11.7. The van der Waals surface area contributed by atoms with Gasteiger partial charge in [0.25, 0.3) is 6.47 Å². The maximum atomic E-state index is 12.8. The molecule has 0 aliphatic carbocycles. The van der Waals surface area contributed by atoms with E-state index in [0.717, 1.165) is 16.7 Å². The van der Waals surface area contributed by atoms with Crippen LogP contribution < -0.4 is 10.6 Å². The standard InChI is InChI=1S/C22H27ClN2O3.C4H8O2.C2H6/c1-15-7-5-6-8-18(15)22(2,24-3)14-20(26)25-19(21(27)28-4)13-16-9-11-17(23)12-10-16;1-4(2)6-3-5;1-2/h5-12,19,24H,13-14H2,1-4H3,(H,25,26);3-4H,1-2H3;1-2H3. The molecule has 36 heavy (non-hydrogen) atoms. The van der Waals surface area contributed by atoms with Gasteiger partial charge < -0.3 is 20.1 Å². The first kappa shape index (κ1) is 33.1. The van der Waals surface area contributed by atoms with Crippen LogP contribution in [0.1, 0.15) is 57.7 Å². The van der Waals surface area contributed by atoms with Gasteiger partial charge >= 0.3 is 5.97 Å². The number of methoxy groups -OCH3 is 1. The van der Waals surface area contributed by atoms with E-state index in [-0.39, 0.29) is 18.4 Å². The Kier molecular flexibility index (Phi) is 16.1. The van der Waals surface area contributed by atoms with Gasteiger partial charge in [0.15, 0.2) is 0 Å². The number of esters is 1. The zero-order chi connectivity index (χ0) is 27.7. The molecule has 0 aliphatic heterocycles. The van der Waals surface area contributed by atoms with Crippen molar-refractivity contribution in [1.82, 2.24) is 10.6 Å². The molecule has 2 unspecified atom stereocenters. The van der Waals surface area contributed by atoms with E-state index in [1.807, 2.05) is 71.1 Å². The number of nitrogens with one attached hydrogen (secondary N) is 2. The number of ether oxygens (including phenoxy) is 2. The molecule has 0 heterocycles. The number of amides is 1. The van der Waals surface area contributed by atoms with E-state index in [9.17, 15) is 14.4 Å². The summed E-state index contributed by atoms with van der Waals surface area (Å²) in [5.74, 6) is -0.713. The number of benzene rings is 2. The Morgan fingerprint density at radius 1 is 1.08 bits per heavy atom. The third-order valence-electron chi connectivity index (χ3n) is 5.31. The molecule has 0 saturated carbocycles. The van der Waals surface area contributed by atoms with E-state index in [1.54, 1.807) is 26.0 Å². The van der Waals surface area contributed by atoms with Crippen LogP contribution in [-0.2, 0) is 35.8 Å². The summed E-state index contributed by atoms with van der Waals surface area (Å²) in [7, 11) is 3.14. The van der Waals surface area contributed by atoms with Gasteiger partial charge in [-0.3, -0.25) is 9.59 Å². The Balaban J connectivity index is 0.00000134. The van der Waals surface area contributed by atoms with E-state index >= 15 is 0 Å². The van der Waals surface area contributed by atoms with Crippen LogP contribution in [0.5, 0.6) is 0 Å². The molecule has 0 aromatic heterocycles. The van der Waals surface area contributed by atoms with Gasteiger partial charge in [0.1, 0.15) is 6.04 Å². The molecular formula is C28H41ClN2O5. The normalized spacial score (nSPS) is 12.5. The van der Waals surface area contributed by atoms with Gasteiger partial charge in [-0.2, -0.15) is 0 Å². The van der Waals surface area contributed by atoms with Gasteiger partial charge in [0.2, 0.25) is 5.91 Å². The third-order valence-corrected chi connectivity index (χ3v) is 5.56. The minimum Gasteiger partial charge on any atom is -0.467 e. The van der Waals surface area contributed by atoms with Crippen LogP contribution in [0.4, 0.5) is 0 Å². The van der Waals surface area contributed by atoms with Crippen molar-refractivity contribution in [1.29, 1.82) is 0 Å². The van der Waals surface area contributed by atoms with Gasteiger partial charge in [-0.05, 0) is 63.6 Å². The lowest BCUT2D eigenvalue weighted by atomic mass is 9.85. The van der Waals surface area contributed by atoms with Crippen molar-refractivity contribution in [3.63, 3.8) is 0 Å². The fourth-order valence-electron chi connectivity index (χ4n) is 3.38. The summed E-state index contributed by atoms with van der Waals surface area (Å²) in [5.41, 5.74) is 2.46. The summed E-state index contributed by atoms with van der Waals surface area (Å²) in [6.45, 7) is 12.0. The second-order valence-corrected chi connectivity index (χ2v) is 8.77. The van der Waals surface area contributed by atoms with Crippen LogP contribution >= 0.6 is 11.6 Å². The fraction of sp³-hybridized carbons (Fsp3) is 0.464. The smallest absolute Gasteiger partial charge is 0.328 e. The lowest BCUT2D eigenvalue weighted by molar-refractivity contribution is -0.145. The van der Waals surface area contributed by atoms with Crippen molar-refractivity contribution in [3.05, 3.63) is 70.2 Å². The van der Waals surface area contributed by atoms with E-state index in [4.69, 9.17) is 16.3 Å². The molecule has 0 spiro atoms. The summed E-state index contributed by atoms with van der Waals surface area (Å²) >= 11 is 5.91. The van der Waals surface area contributed by atoms with Crippen molar-refractivity contribution >= 4 is 29.9 Å². The number of hydrogen-bond donors (Lipinski definition) is 2. The second kappa shape index (κ2) is 17.5. The van der Waals surface area contributed by atoms with Crippen LogP contribution in [0, 0.1) is 6.92 Å². The van der Waals surface area contributed by atoms with Crippen molar-refractivity contribution in [2.45, 2.75) is 72.1 Å². The molecule has 8 heteroatoms. The predicted molar refractivity (Wildman–Crippen MR) is 145 cm³/mol. The Labute approximate surface area is 220 Å². The Morgan fingerprint density at radius 2 is 1.67 bits per heavy atom. The van der Waals surface area contributed by atoms with Crippen molar-refractivity contribution in [2.24, 2.45) is 0 Å². The molecule has 2 aromatic carbocycles. The average Bonchev–Trinajstić information content (AvgIpc) is 2.86. The summed E-state index contributed by atoms with van der Waals surface area (Å²) in [4.78, 5) is 34.4. The molecule has 1 amide bonds. The van der Waals surface area contributed by atoms with Crippen LogP contribution in [0.25, 0.3) is 0 Å². The Morgan fingerprint density at radius 3 is 2.11 bits per heavy atom. The fourth-order valence-corrected chi connectivity index (χ4v) is 3.51. The number of aryl methyl sites for hydroxylation is 1. The maximum absolute atomic E-state index is 12.8. The molecule has 0 aliphatic rings. The maximum Gasteiger partial charge on any atom is 0.328 e. The number of carbonyl (C=O) groups is 3. The molecule has 0 saturated heterocycles. The van der Waals surface area contributed by atoms with Crippen LogP contribution in [-0.4, -0.2) is 44.7 Å². The molecule has 2 N–H and O–H groups in total. The number of rotatable bonds is 10. The lowest BCUT2D eigenvalue weighted by Crippen LogP contribution is -2.48. The number of hydrogen-bond acceptors (Lipinski definition) is 6. The number of halogens is 1. The average molecular weight is 521 g/mol. The molecule has 7 nitrogen and oxygen atoms in total. The number of carbonyl (C=O) groups excluding carboxylic acids is 3. The first-order valence-electron chi connectivity index (χ1n) is 12.0. The zero-order valence-corrected chi connectivity index (χ0v) is 23.4. The second-order valence-electron chi connectivity index (χ2n) is 8.33. The van der Waals surface area contributed by atoms with Gasteiger partial charge in [0, 0.05) is 23.4 Å².